The van der Waals surface area contributed by atoms with Gasteiger partial charge in [0, 0.05) is 31.7 Å². The summed E-state index contributed by atoms with van der Waals surface area (Å²) in [6.07, 6.45) is 6.18. The molecule has 25 heavy (non-hydrogen) atoms. The number of hydrogen-bond donors (Lipinski definition) is 1. The van der Waals surface area contributed by atoms with Crippen LogP contribution in [0.25, 0.3) is 0 Å². The Morgan fingerprint density at radius 1 is 1.08 bits per heavy atom. The zero-order valence-corrected chi connectivity index (χ0v) is 14.0. The molecule has 0 radical (unpaired) electrons. The number of halogens is 1. The van der Waals surface area contributed by atoms with Gasteiger partial charge in [-0.15, -0.1) is 0 Å². The largest absolute Gasteiger partial charge is 0.506 e. The van der Waals surface area contributed by atoms with Gasteiger partial charge in [0.2, 0.25) is 5.95 Å². The molecular weight excluding hydrogens is 321 g/mol. The lowest BCUT2D eigenvalue weighted by molar-refractivity contribution is 0.185. The Labute approximate surface area is 146 Å². The lowest BCUT2D eigenvalue weighted by Crippen LogP contribution is -2.26. The highest BCUT2D eigenvalue weighted by Gasteiger charge is 2.41. The summed E-state index contributed by atoms with van der Waals surface area (Å²) in [6, 6.07) is 6.55. The van der Waals surface area contributed by atoms with Crippen LogP contribution in [0.1, 0.15) is 18.5 Å². The summed E-state index contributed by atoms with van der Waals surface area (Å²) >= 11 is 0. The fraction of sp³-hybridized carbons (Fsp3) is 0.474. The minimum atomic E-state index is -0.477. The van der Waals surface area contributed by atoms with Crippen LogP contribution in [-0.4, -0.2) is 45.7 Å². The van der Waals surface area contributed by atoms with Gasteiger partial charge >= 0.3 is 0 Å². The molecule has 6 heteroatoms. The van der Waals surface area contributed by atoms with Gasteiger partial charge in [-0.25, -0.2) is 4.98 Å². The van der Waals surface area contributed by atoms with Crippen LogP contribution in [0.15, 0.2) is 36.7 Å². The molecule has 0 aromatic carbocycles. The summed E-state index contributed by atoms with van der Waals surface area (Å²) in [5, 5.41) is 9.28. The Morgan fingerprint density at radius 3 is 2.52 bits per heavy atom. The minimum absolute atomic E-state index is 0.210. The van der Waals surface area contributed by atoms with Crippen molar-refractivity contribution in [2.45, 2.75) is 25.4 Å². The van der Waals surface area contributed by atoms with E-state index in [1.54, 1.807) is 12.1 Å². The molecule has 2 aliphatic rings. The van der Waals surface area contributed by atoms with Crippen molar-refractivity contribution in [3.05, 3.63) is 48.3 Å². The van der Waals surface area contributed by atoms with Crippen LogP contribution in [0.3, 0.4) is 0 Å². The molecule has 2 aromatic heterocycles. The highest BCUT2D eigenvalue weighted by molar-refractivity contribution is 5.18. The minimum Gasteiger partial charge on any atom is -0.506 e. The summed E-state index contributed by atoms with van der Waals surface area (Å²) in [5.74, 6) is 1.73. The Balaban J connectivity index is 1.24. The van der Waals surface area contributed by atoms with Crippen molar-refractivity contribution < 1.29 is 14.2 Å². The average molecular weight is 343 g/mol. The Bertz CT molecular complexity index is 694. The van der Waals surface area contributed by atoms with Gasteiger partial charge in [-0.1, -0.05) is 0 Å². The molecule has 0 amide bonds. The van der Waals surface area contributed by atoms with Gasteiger partial charge in [-0.05, 0) is 48.9 Å². The number of likely N-dealkylation sites (tertiary alicyclic amines) is 1. The molecule has 5 nitrogen and oxygen atoms in total. The normalized spacial score (nSPS) is 25.9. The maximum Gasteiger partial charge on any atom is 0.213 e. The quantitative estimate of drug-likeness (QED) is 0.846. The van der Waals surface area contributed by atoms with E-state index in [-0.39, 0.29) is 11.9 Å². The van der Waals surface area contributed by atoms with Gasteiger partial charge in [-0.3, -0.25) is 4.98 Å². The van der Waals surface area contributed by atoms with Gasteiger partial charge in [0.05, 0.1) is 18.5 Å². The number of hydrogen-bond acceptors (Lipinski definition) is 5. The van der Waals surface area contributed by atoms with Crippen molar-refractivity contribution in [2.75, 3.05) is 19.6 Å². The lowest BCUT2D eigenvalue weighted by Gasteiger charge is -2.19. The van der Waals surface area contributed by atoms with Gasteiger partial charge < -0.3 is 14.7 Å². The SMILES string of the molecule is Oc1ccc(CCN2CC3CC(Oc4ccc(F)nc4)CC3C2)nc1. The van der Waals surface area contributed by atoms with Crippen molar-refractivity contribution >= 4 is 0 Å². The fourth-order valence-corrected chi connectivity index (χ4v) is 4.08. The van der Waals surface area contributed by atoms with E-state index in [2.05, 4.69) is 14.9 Å². The molecular formula is C19H22FN3O2. The van der Waals surface area contributed by atoms with Crippen molar-refractivity contribution in [2.24, 2.45) is 11.8 Å². The van der Waals surface area contributed by atoms with Gasteiger partial charge in [-0.2, -0.15) is 4.39 Å². The number of rotatable bonds is 5. The molecule has 1 N–H and O–H groups in total. The van der Waals surface area contributed by atoms with E-state index in [0.717, 1.165) is 44.6 Å². The van der Waals surface area contributed by atoms with Crippen molar-refractivity contribution in [1.82, 2.24) is 14.9 Å². The van der Waals surface area contributed by atoms with E-state index >= 15 is 0 Å². The highest BCUT2D eigenvalue weighted by Crippen LogP contribution is 2.39. The van der Waals surface area contributed by atoms with Crippen LogP contribution in [0.5, 0.6) is 11.5 Å². The molecule has 1 aliphatic carbocycles. The summed E-state index contributed by atoms with van der Waals surface area (Å²) < 4.78 is 18.8. The van der Waals surface area contributed by atoms with Crippen LogP contribution in [0.2, 0.25) is 0 Å². The van der Waals surface area contributed by atoms with E-state index in [4.69, 9.17) is 4.74 Å². The third-order valence-electron chi connectivity index (χ3n) is 5.28. The van der Waals surface area contributed by atoms with Gasteiger partial charge in [0.25, 0.3) is 0 Å². The number of fused-ring (bicyclic) bond motifs is 1. The van der Waals surface area contributed by atoms with E-state index in [0.29, 0.717) is 17.6 Å². The summed E-state index contributed by atoms with van der Waals surface area (Å²) in [7, 11) is 0. The van der Waals surface area contributed by atoms with E-state index in [9.17, 15) is 9.50 Å². The number of ether oxygens (including phenoxy) is 1. The first kappa shape index (κ1) is 16.3. The third-order valence-corrected chi connectivity index (χ3v) is 5.28. The van der Waals surface area contributed by atoms with E-state index < -0.39 is 5.95 Å². The maximum atomic E-state index is 12.9. The number of nitrogens with zero attached hydrogens (tertiary/aromatic N) is 3. The van der Waals surface area contributed by atoms with E-state index in [1.807, 2.05) is 6.07 Å². The number of pyridine rings is 2. The molecule has 1 saturated heterocycles. The van der Waals surface area contributed by atoms with Crippen LogP contribution in [-0.2, 0) is 6.42 Å². The van der Waals surface area contributed by atoms with Crippen LogP contribution in [0, 0.1) is 17.8 Å². The number of aromatic nitrogens is 2. The molecule has 0 spiro atoms. The molecule has 132 valence electrons. The lowest BCUT2D eigenvalue weighted by atomic mass is 10.0. The average Bonchev–Trinajstić information content (AvgIpc) is 3.14. The Hall–Kier alpha value is -2.21. The van der Waals surface area contributed by atoms with Crippen molar-refractivity contribution in [1.29, 1.82) is 0 Å². The fourth-order valence-electron chi connectivity index (χ4n) is 4.08. The molecule has 3 heterocycles. The second-order valence-corrected chi connectivity index (χ2v) is 7.07. The maximum absolute atomic E-state index is 12.9. The summed E-state index contributed by atoms with van der Waals surface area (Å²) in [4.78, 5) is 10.4. The predicted molar refractivity (Wildman–Crippen MR) is 90.9 cm³/mol. The summed E-state index contributed by atoms with van der Waals surface area (Å²) in [5.41, 5.74) is 1.01. The molecule has 2 fully saturated rings. The molecule has 0 bridgehead atoms. The van der Waals surface area contributed by atoms with Crippen LogP contribution in [0.4, 0.5) is 4.39 Å². The second kappa shape index (κ2) is 6.96. The molecule has 2 unspecified atom stereocenters. The topological polar surface area (TPSA) is 58.5 Å². The smallest absolute Gasteiger partial charge is 0.213 e. The predicted octanol–water partition coefficient (Wildman–Crippen LogP) is 2.65. The first-order valence-corrected chi connectivity index (χ1v) is 8.80. The Morgan fingerprint density at radius 2 is 1.88 bits per heavy atom. The first-order chi connectivity index (χ1) is 12.2. The van der Waals surface area contributed by atoms with Crippen molar-refractivity contribution in [3.8, 4) is 11.5 Å². The third kappa shape index (κ3) is 3.90. The molecule has 2 atom stereocenters. The van der Waals surface area contributed by atoms with Gasteiger partial charge in [0.1, 0.15) is 11.5 Å². The molecule has 1 saturated carbocycles. The van der Waals surface area contributed by atoms with Gasteiger partial charge in [0.15, 0.2) is 0 Å². The summed E-state index contributed by atoms with van der Waals surface area (Å²) in [6.45, 7) is 3.20. The number of aromatic hydroxyl groups is 1. The van der Waals surface area contributed by atoms with Crippen LogP contribution >= 0.6 is 0 Å². The molecule has 2 aromatic rings. The zero-order chi connectivity index (χ0) is 17.2. The zero-order valence-electron chi connectivity index (χ0n) is 14.0. The molecule has 1 aliphatic heterocycles. The second-order valence-electron chi connectivity index (χ2n) is 7.07. The first-order valence-electron chi connectivity index (χ1n) is 8.80. The highest BCUT2D eigenvalue weighted by atomic mass is 19.1. The van der Waals surface area contributed by atoms with E-state index in [1.165, 1.54) is 18.5 Å². The van der Waals surface area contributed by atoms with Crippen molar-refractivity contribution in [3.63, 3.8) is 0 Å². The molecule has 4 rings (SSSR count). The standard InChI is InChI=1S/C19H22FN3O2/c20-19-4-3-17(10-22-19)25-18-7-13-11-23(12-14(13)8-18)6-5-15-1-2-16(24)9-21-15/h1-4,9-10,13-14,18,24H,5-8,11-12H2. The monoisotopic (exact) mass is 343 g/mol. The van der Waals surface area contributed by atoms with Crippen LogP contribution < -0.4 is 4.74 Å². The Kier molecular flexibility index (Phi) is 4.53.